The summed E-state index contributed by atoms with van der Waals surface area (Å²) in [4.78, 5) is 27.5. The van der Waals surface area contributed by atoms with Gasteiger partial charge in [0, 0.05) is 11.4 Å². The van der Waals surface area contributed by atoms with Crippen molar-refractivity contribution in [2.75, 3.05) is 0 Å². The number of carbonyl (C=O) groups is 2. The molecule has 6 heteroatoms. The Morgan fingerprint density at radius 1 is 1.09 bits per heavy atom. The highest BCUT2D eigenvalue weighted by atomic mass is 35.5. The Morgan fingerprint density at radius 2 is 1.83 bits per heavy atom. The van der Waals surface area contributed by atoms with Crippen LogP contribution in [0.25, 0.3) is 10.2 Å². The molecule has 0 aliphatic carbocycles. The van der Waals surface area contributed by atoms with Crippen molar-refractivity contribution in [3.63, 3.8) is 0 Å². The summed E-state index contributed by atoms with van der Waals surface area (Å²) in [5.41, 5.74) is 1.85. The lowest BCUT2D eigenvalue weighted by Gasteiger charge is -1.99. The van der Waals surface area contributed by atoms with Crippen LogP contribution in [0.15, 0.2) is 42.5 Å². The van der Waals surface area contributed by atoms with Crippen molar-refractivity contribution in [3.8, 4) is 0 Å². The Morgan fingerprint density at radius 3 is 2.52 bits per heavy atom. The maximum absolute atomic E-state index is 12.2. The van der Waals surface area contributed by atoms with Gasteiger partial charge < -0.3 is 5.11 Å². The third-order valence-corrected chi connectivity index (χ3v) is 4.61. The molecule has 1 heterocycles. The fourth-order valence-electron chi connectivity index (χ4n) is 2.24. The molecule has 0 amide bonds. The smallest absolute Gasteiger partial charge is 0.335 e. The number of halogens is 1. The first-order valence-corrected chi connectivity index (χ1v) is 8.09. The summed E-state index contributed by atoms with van der Waals surface area (Å²) in [5, 5.41) is 10.3. The molecule has 0 aliphatic rings. The number of carboxylic acid groups (broad SMARTS) is 1. The molecule has 3 aromatic rings. The third kappa shape index (κ3) is 3.75. The van der Waals surface area contributed by atoms with E-state index in [1.165, 1.54) is 17.4 Å². The first-order valence-electron chi connectivity index (χ1n) is 6.90. The molecule has 1 aromatic heterocycles. The Bertz CT molecular complexity index is 886. The second kappa shape index (κ2) is 6.48. The van der Waals surface area contributed by atoms with Gasteiger partial charge in [0.2, 0.25) is 0 Å². The molecule has 0 bridgehead atoms. The molecule has 0 atom stereocenters. The quantitative estimate of drug-likeness (QED) is 0.758. The van der Waals surface area contributed by atoms with E-state index in [4.69, 9.17) is 16.7 Å². The van der Waals surface area contributed by atoms with E-state index in [2.05, 4.69) is 4.98 Å². The molecule has 0 saturated heterocycles. The second-order valence-electron chi connectivity index (χ2n) is 5.11. The number of ketones is 1. The van der Waals surface area contributed by atoms with Gasteiger partial charge in [0.25, 0.3) is 0 Å². The lowest BCUT2D eigenvalue weighted by Crippen LogP contribution is -2.06. The molecule has 0 aliphatic heterocycles. The van der Waals surface area contributed by atoms with Gasteiger partial charge in [-0.1, -0.05) is 23.7 Å². The zero-order valence-corrected chi connectivity index (χ0v) is 13.5. The van der Waals surface area contributed by atoms with Crippen LogP contribution >= 0.6 is 22.9 Å². The minimum atomic E-state index is -0.972. The highest BCUT2D eigenvalue weighted by Gasteiger charge is 2.12. The van der Waals surface area contributed by atoms with E-state index < -0.39 is 5.97 Å². The number of aromatic nitrogens is 1. The molecule has 1 N–H and O–H groups in total. The van der Waals surface area contributed by atoms with E-state index >= 15 is 0 Å². The van der Waals surface area contributed by atoms with Crippen LogP contribution in [0.5, 0.6) is 0 Å². The number of carboxylic acids is 1. The summed E-state index contributed by atoms with van der Waals surface area (Å²) in [6, 6.07) is 12.0. The van der Waals surface area contributed by atoms with Gasteiger partial charge in [0.1, 0.15) is 10.8 Å². The Hall–Kier alpha value is -2.24. The van der Waals surface area contributed by atoms with E-state index in [1.807, 2.05) is 12.1 Å². The highest BCUT2D eigenvalue weighted by molar-refractivity contribution is 7.18. The Labute approximate surface area is 141 Å². The van der Waals surface area contributed by atoms with Crippen LogP contribution < -0.4 is 0 Å². The van der Waals surface area contributed by atoms with Crippen molar-refractivity contribution in [3.05, 3.63) is 63.6 Å². The van der Waals surface area contributed by atoms with E-state index in [-0.39, 0.29) is 17.8 Å². The van der Waals surface area contributed by atoms with Gasteiger partial charge in [-0.05, 0) is 35.9 Å². The van der Waals surface area contributed by atoms with E-state index in [9.17, 15) is 9.59 Å². The van der Waals surface area contributed by atoms with Crippen molar-refractivity contribution in [1.29, 1.82) is 0 Å². The number of rotatable bonds is 5. The third-order valence-electron chi connectivity index (χ3n) is 3.34. The second-order valence-corrected chi connectivity index (χ2v) is 6.67. The largest absolute Gasteiger partial charge is 0.478 e. The minimum absolute atomic E-state index is 0.0600. The van der Waals surface area contributed by atoms with Crippen LogP contribution in [-0.4, -0.2) is 21.8 Å². The number of nitrogens with zero attached hydrogens (tertiary/aromatic N) is 1. The number of hydrogen-bond donors (Lipinski definition) is 1. The first kappa shape index (κ1) is 15.6. The predicted molar refractivity (Wildman–Crippen MR) is 90.4 cm³/mol. The summed E-state index contributed by atoms with van der Waals surface area (Å²) >= 11 is 7.18. The van der Waals surface area contributed by atoms with E-state index in [1.54, 1.807) is 24.3 Å². The maximum atomic E-state index is 12.2. The number of hydrogen-bond acceptors (Lipinski definition) is 4. The number of aromatic carboxylic acids is 1. The summed E-state index contributed by atoms with van der Waals surface area (Å²) in [7, 11) is 0. The van der Waals surface area contributed by atoms with Crippen LogP contribution in [0.4, 0.5) is 0 Å². The first-order chi connectivity index (χ1) is 11.0. The van der Waals surface area contributed by atoms with E-state index in [0.29, 0.717) is 22.0 Å². The van der Waals surface area contributed by atoms with E-state index in [0.717, 1.165) is 10.3 Å². The normalized spacial score (nSPS) is 10.8. The average molecular weight is 346 g/mol. The molecule has 116 valence electrons. The highest BCUT2D eigenvalue weighted by Crippen LogP contribution is 2.24. The van der Waals surface area contributed by atoms with Gasteiger partial charge in [-0.15, -0.1) is 11.3 Å². The van der Waals surface area contributed by atoms with Gasteiger partial charge in [0.05, 0.1) is 22.2 Å². The molecule has 3 rings (SSSR count). The SMILES string of the molecule is O=C(Cc1ccc(Cl)cc1)Cc1nc2ccc(C(=O)O)cc2s1. The van der Waals surface area contributed by atoms with Gasteiger partial charge in [-0.25, -0.2) is 9.78 Å². The van der Waals surface area contributed by atoms with Gasteiger partial charge >= 0.3 is 5.97 Å². The van der Waals surface area contributed by atoms with Crippen LogP contribution in [0.3, 0.4) is 0 Å². The van der Waals surface area contributed by atoms with Crippen molar-refractivity contribution < 1.29 is 14.7 Å². The fraction of sp³-hybridized carbons (Fsp3) is 0.118. The molecule has 0 radical (unpaired) electrons. The predicted octanol–water partition coefficient (Wildman–Crippen LogP) is 4.00. The van der Waals surface area contributed by atoms with Crippen molar-refractivity contribution >= 4 is 44.9 Å². The zero-order valence-electron chi connectivity index (χ0n) is 12.0. The van der Waals surface area contributed by atoms with Crippen molar-refractivity contribution in [2.45, 2.75) is 12.8 Å². The summed E-state index contributed by atoms with van der Waals surface area (Å²) in [5.74, 6) is -0.912. The van der Waals surface area contributed by atoms with Crippen LogP contribution in [0.2, 0.25) is 5.02 Å². The topological polar surface area (TPSA) is 67.3 Å². The minimum Gasteiger partial charge on any atom is -0.478 e. The lowest BCUT2D eigenvalue weighted by atomic mass is 10.1. The molecular formula is C17H12ClNO3S. The molecule has 4 nitrogen and oxygen atoms in total. The maximum Gasteiger partial charge on any atom is 0.335 e. The summed E-state index contributed by atoms with van der Waals surface area (Å²) < 4.78 is 0.777. The number of Topliss-reactive ketones (excluding diaryl/α,β-unsaturated/α-hetero) is 1. The molecule has 0 spiro atoms. The number of benzene rings is 2. The monoisotopic (exact) mass is 345 g/mol. The van der Waals surface area contributed by atoms with Crippen LogP contribution in [-0.2, 0) is 17.6 Å². The molecule has 0 fully saturated rings. The molecular weight excluding hydrogens is 334 g/mol. The Kier molecular flexibility index (Phi) is 4.41. The number of carbonyl (C=O) groups excluding carboxylic acids is 1. The fourth-order valence-corrected chi connectivity index (χ4v) is 3.40. The standard InChI is InChI=1S/C17H12ClNO3S/c18-12-4-1-10(2-5-12)7-13(20)9-16-19-14-6-3-11(17(21)22)8-15(14)23-16/h1-6,8H,7,9H2,(H,21,22). The van der Waals surface area contributed by atoms with Gasteiger partial charge in [-0.2, -0.15) is 0 Å². The van der Waals surface area contributed by atoms with Gasteiger partial charge in [-0.3, -0.25) is 4.79 Å². The number of thiazole rings is 1. The van der Waals surface area contributed by atoms with Crippen LogP contribution in [0.1, 0.15) is 20.9 Å². The molecule has 2 aromatic carbocycles. The lowest BCUT2D eigenvalue weighted by molar-refractivity contribution is -0.117. The zero-order chi connectivity index (χ0) is 16.4. The molecule has 0 saturated carbocycles. The molecule has 0 unspecified atom stereocenters. The summed E-state index contributed by atoms with van der Waals surface area (Å²) in [6.07, 6.45) is 0.567. The van der Waals surface area contributed by atoms with Crippen LogP contribution in [0, 0.1) is 0 Å². The summed E-state index contributed by atoms with van der Waals surface area (Å²) in [6.45, 7) is 0. The average Bonchev–Trinajstić information content (AvgIpc) is 2.90. The number of fused-ring (bicyclic) bond motifs is 1. The van der Waals surface area contributed by atoms with Gasteiger partial charge in [0.15, 0.2) is 0 Å². The Balaban J connectivity index is 1.74. The van der Waals surface area contributed by atoms with Crippen molar-refractivity contribution in [1.82, 2.24) is 4.98 Å². The van der Waals surface area contributed by atoms with Crippen molar-refractivity contribution in [2.24, 2.45) is 0 Å². The molecule has 23 heavy (non-hydrogen) atoms.